The van der Waals surface area contributed by atoms with Crippen LogP contribution >= 0.6 is 22.6 Å². The second-order valence-electron chi connectivity index (χ2n) is 1.62. The van der Waals surface area contributed by atoms with Crippen molar-refractivity contribution in [1.29, 1.82) is 0 Å². The molecule has 3 heteroatoms. The largest absolute Gasteiger partial charge is 0.325 e. The second kappa shape index (κ2) is 2.48. The first-order chi connectivity index (χ1) is 3.84. The third kappa shape index (κ3) is 1.02. The average molecular weight is 222 g/mol. The predicted molar refractivity (Wildman–Crippen MR) is 41.0 cm³/mol. The number of aromatic nitrogens is 2. The van der Waals surface area contributed by atoms with Gasteiger partial charge in [0, 0.05) is 11.9 Å². The number of alkyl halides is 1. The zero-order chi connectivity index (χ0) is 5.98. The van der Waals surface area contributed by atoms with Crippen molar-refractivity contribution in [3.8, 4) is 0 Å². The Morgan fingerprint density at radius 3 is 2.88 bits per heavy atom. The van der Waals surface area contributed by atoms with Gasteiger partial charge in [-0.3, -0.25) is 0 Å². The molecule has 0 bridgehead atoms. The molecule has 2 nitrogen and oxygen atoms in total. The van der Waals surface area contributed by atoms with E-state index in [9.17, 15) is 0 Å². The molecule has 1 aromatic heterocycles. The summed E-state index contributed by atoms with van der Waals surface area (Å²) in [6, 6.07) is 0. The molecule has 0 aliphatic carbocycles. The van der Waals surface area contributed by atoms with Crippen LogP contribution in [-0.4, -0.2) is 9.55 Å². The summed E-state index contributed by atoms with van der Waals surface area (Å²) in [6.45, 7) is 2.05. The molecule has 1 aromatic rings. The Balaban J connectivity index is 2.92. The third-order valence-corrected chi connectivity index (χ3v) is 1.78. The van der Waals surface area contributed by atoms with Crippen molar-refractivity contribution >= 4 is 22.6 Å². The molecule has 0 saturated heterocycles. The van der Waals surface area contributed by atoms with E-state index in [-0.39, 0.29) is 0 Å². The minimum Gasteiger partial charge on any atom is -0.325 e. The highest BCUT2D eigenvalue weighted by Gasteiger charge is 1.89. The predicted octanol–water partition coefficient (Wildman–Crippen LogP) is 1.58. The molecule has 0 amide bonds. The fraction of sp³-hybridized carbons (Fsp3) is 0.400. The number of nitrogens with zero attached hydrogens (tertiary/aromatic N) is 2. The molecule has 44 valence electrons. The van der Waals surface area contributed by atoms with Gasteiger partial charge in [0.25, 0.3) is 0 Å². The van der Waals surface area contributed by atoms with Gasteiger partial charge in [-0.05, 0) is 6.92 Å². The minimum absolute atomic E-state index is 0.990. The van der Waals surface area contributed by atoms with Crippen LogP contribution in [0.2, 0.25) is 0 Å². The highest BCUT2D eigenvalue weighted by atomic mass is 127. The number of halogens is 1. The first-order valence-corrected chi connectivity index (χ1v) is 3.90. The Kier molecular flexibility index (Phi) is 1.88. The zero-order valence-corrected chi connectivity index (χ0v) is 6.79. The molecule has 0 aromatic carbocycles. The molecule has 0 fully saturated rings. The lowest BCUT2D eigenvalue weighted by atomic mass is 10.5. The van der Waals surface area contributed by atoms with E-state index in [2.05, 4.69) is 32.1 Å². The van der Waals surface area contributed by atoms with Gasteiger partial charge in [-0.1, -0.05) is 22.6 Å². The lowest BCUT2D eigenvalue weighted by molar-refractivity contribution is 0.873. The van der Waals surface area contributed by atoms with Gasteiger partial charge in [0.05, 0.1) is 10.9 Å². The standard InChI is InChI=1S/C5H7IN2/c1-5-2-7-4-8(5)3-6/h2,4H,3H2,1H3. The van der Waals surface area contributed by atoms with Crippen LogP contribution in [-0.2, 0) is 4.55 Å². The molecular formula is C5H7IN2. The van der Waals surface area contributed by atoms with E-state index < -0.39 is 0 Å². The van der Waals surface area contributed by atoms with Crippen molar-refractivity contribution in [3.05, 3.63) is 18.2 Å². The molecule has 8 heavy (non-hydrogen) atoms. The van der Waals surface area contributed by atoms with Gasteiger partial charge in [0.1, 0.15) is 0 Å². The molecule has 0 saturated carbocycles. The van der Waals surface area contributed by atoms with Gasteiger partial charge < -0.3 is 4.57 Å². The second-order valence-corrected chi connectivity index (χ2v) is 2.31. The topological polar surface area (TPSA) is 17.8 Å². The summed E-state index contributed by atoms with van der Waals surface area (Å²) in [5.41, 5.74) is 1.22. The highest BCUT2D eigenvalue weighted by Crippen LogP contribution is 1.98. The van der Waals surface area contributed by atoms with Crippen LogP contribution in [0.5, 0.6) is 0 Å². The van der Waals surface area contributed by atoms with Crippen LogP contribution in [0.15, 0.2) is 12.5 Å². The minimum atomic E-state index is 0.990. The molecule has 0 spiro atoms. The fourth-order valence-electron chi connectivity index (χ4n) is 0.512. The smallest absolute Gasteiger partial charge is 0.0955 e. The van der Waals surface area contributed by atoms with Crippen LogP contribution < -0.4 is 0 Å². The maximum atomic E-state index is 3.95. The first-order valence-electron chi connectivity index (χ1n) is 2.37. The van der Waals surface area contributed by atoms with E-state index in [0.29, 0.717) is 0 Å². The Bertz CT molecular complexity index is 171. The molecule has 0 aliphatic heterocycles. The van der Waals surface area contributed by atoms with Gasteiger partial charge in [0.15, 0.2) is 0 Å². The normalized spacial score (nSPS) is 9.75. The molecule has 0 atom stereocenters. The Morgan fingerprint density at radius 1 is 1.88 bits per heavy atom. The van der Waals surface area contributed by atoms with E-state index in [1.807, 2.05) is 19.4 Å². The maximum Gasteiger partial charge on any atom is 0.0955 e. The van der Waals surface area contributed by atoms with Crippen molar-refractivity contribution < 1.29 is 0 Å². The number of imidazole rings is 1. The summed E-state index contributed by atoms with van der Waals surface area (Å²) >= 11 is 2.30. The number of rotatable bonds is 1. The Morgan fingerprint density at radius 2 is 2.62 bits per heavy atom. The molecule has 1 rings (SSSR count). The summed E-state index contributed by atoms with van der Waals surface area (Å²) in [7, 11) is 0. The molecule has 0 unspecified atom stereocenters. The first kappa shape index (κ1) is 6.07. The molecule has 1 heterocycles. The van der Waals surface area contributed by atoms with E-state index in [1.165, 1.54) is 5.69 Å². The number of aryl methyl sites for hydroxylation is 1. The number of hydrogen-bond acceptors (Lipinski definition) is 1. The fourth-order valence-corrected chi connectivity index (χ4v) is 1.23. The van der Waals surface area contributed by atoms with E-state index >= 15 is 0 Å². The van der Waals surface area contributed by atoms with Crippen molar-refractivity contribution in [2.75, 3.05) is 0 Å². The molecule has 0 aliphatic rings. The van der Waals surface area contributed by atoms with Crippen LogP contribution in [0, 0.1) is 6.92 Å². The summed E-state index contributed by atoms with van der Waals surface area (Å²) in [6.07, 6.45) is 3.69. The maximum absolute atomic E-state index is 3.95. The van der Waals surface area contributed by atoms with Crippen molar-refractivity contribution in [1.82, 2.24) is 9.55 Å². The van der Waals surface area contributed by atoms with Crippen LogP contribution in [0.3, 0.4) is 0 Å². The van der Waals surface area contributed by atoms with Crippen molar-refractivity contribution in [3.63, 3.8) is 0 Å². The van der Waals surface area contributed by atoms with Crippen LogP contribution in [0.1, 0.15) is 5.69 Å². The monoisotopic (exact) mass is 222 g/mol. The molecule has 0 N–H and O–H groups in total. The number of hydrogen-bond donors (Lipinski definition) is 0. The van der Waals surface area contributed by atoms with Crippen LogP contribution in [0.4, 0.5) is 0 Å². The summed E-state index contributed by atoms with van der Waals surface area (Å²) in [5, 5.41) is 0. The highest BCUT2D eigenvalue weighted by molar-refractivity contribution is 14.1. The van der Waals surface area contributed by atoms with Crippen LogP contribution in [0.25, 0.3) is 0 Å². The average Bonchev–Trinajstić information content (AvgIpc) is 2.14. The molecular weight excluding hydrogens is 215 g/mol. The van der Waals surface area contributed by atoms with Gasteiger partial charge >= 0.3 is 0 Å². The Hall–Kier alpha value is -0.0600. The van der Waals surface area contributed by atoms with Gasteiger partial charge in [-0.2, -0.15) is 0 Å². The summed E-state index contributed by atoms with van der Waals surface area (Å²) in [4.78, 5) is 3.95. The van der Waals surface area contributed by atoms with E-state index in [0.717, 1.165) is 4.55 Å². The van der Waals surface area contributed by atoms with E-state index in [1.54, 1.807) is 0 Å². The third-order valence-electron chi connectivity index (χ3n) is 1.05. The Labute approximate surface area is 62.1 Å². The van der Waals surface area contributed by atoms with Gasteiger partial charge in [-0.25, -0.2) is 4.98 Å². The summed E-state index contributed by atoms with van der Waals surface area (Å²) < 4.78 is 3.07. The SMILES string of the molecule is Cc1cncn1CI. The zero-order valence-electron chi connectivity index (χ0n) is 4.63. The van der Waals surface area contributed by atoms with Gasteiger partial charge in [0.2, 0.25) is 0 Å². The molecule has 0 radical (unpaired) electrons. The van der Waals surface area contributed by atoms with Crippen molar-refractivity contribution in [2.45, 2.75) is 11.5 Å². The van der Waals surface area contributed by atoms with Gasteiger partial charge in [-0.15, -0.1) is 0 Å². The summed E-state index contributed by atoms with van der Waals surface area (Å²) in [5.74, 6) is 0. The van der Waals surface area contributed by atoms with E-state index in [4.69, 9.17) is 0 Å². The quantitative estimate of drug-likeness (QED) is 0.521. The lowest BCUT2D eigenvalue weighted by Gasteiger charge is -1.94. The van der Waals surface area contributed by atoms with Crippen molar-refractivity contribution in [2.24, 2.45) is 0 Å². The lowest BCUT2D eigenvalue weighted by Crippen LogP contribution is -1.89.